The molecule has 4 heterocycles. The summed E-state index contributed by atoms with van der Waals surface area (Å²) in [6.07, 6.45) is -24.9. The van der Waals surface area contributed by atoms with Crippen molar-refractivity contribution in [1.82, 2.24) is 0 Å². The van der Waals surface area contributed by atoms with Crippen molar-refractivity contribution in [3.63, 3.8) is 0 Å². The topological polar surface area (TPSA) is 303 Å². The third kappa shape index (κ3) is 8.48. The van der Waals surface area contributed by atoms with E-state index in [0.29, 0.717) is 11.3 Å². The standard InChI is InChI=1S/C36H44O20/c1-13-25(41)28(44)31(47)34(50-13)49-12-23-27(43)30(46)33(56-36-32(51-14(2)38)29(45)26(42)22(11-37)54-36)35(55-23)52-17-8-18(39)24-19(40)10-20(53-21(24)9-17)15-4-6-16(48-3)7-5-15/h4-10,13,22-23,25-37,39,41-47H,11-12H2,1-3H3/t13-,22+,23+,25-,26-,27-,28+,29-,30-,31-,32+,33+,34+,35+,36-/m0/s1. The van der Waals surface area contributed by atoms with E-state index in [-0.39, 0.29) is 22.5 Å². The molecule has 20 nitrogen and oxygen atoms in total. The molecule has 15 atom stereocenters. The Kier molecular flexibility index (Phi) is 12.8. The lowest BCUT2D eigenvalue weighted by molar-refractivity contribution is -0.363. The Morgan fingerprint density at radius 2 is 1.41 bits per heavy atom. The summed E-state index contributed by atoms with van der Waals surface area (Å²) >= 11 is 0. The third-order valence-corrected chi connectivity index (χ3v) is 9.71. The predicted octanol–water partition coefficient (Wildman–Crippen LogP) is -2.40. The molecule has 9 N–H and O–H groups in total. The number of carbonyl (C=O) groups is 1. The van der Waals surface area contributed by atoms with Crippen LogP contribution in [0.4, 0.5) is 0 Å². The maximum atomic E-state index is 13.1. The minimum Gasteiger partial charge on any atom is -0.507 e. The van der Waals surface area contributed by atoms with Gasteiger partial charge in [0, 0.05) is 30.7 Å². The number of benzene rings is 2. The number of carbonyl (C=O) groups excluding carboxylic acids is 1. The number of rotatable bonds is 11. The van der Waals surface area contributed by atoms with Crippen molar-refractivity contribution in [2.45, 2.75) is 106 Å². The van der Waals surface area contributed by atoms with E-state index in [1.807, 2.05) is 0 Å². The van der Waals surface area contributed by atoms with E-state index in [9.17, 15) is 55.5 Å². The lowest BCUT2D eigenvalue weighted by Crippen LogP contribution is -2.66. The molecule has 3 fully saturated rings. The summed E-state index contributed by atoms with van der Waals surface area (Å²) in [5.41, 5.74) is -0.249. The first kappa shape index (κ1) is 41.6. The van der Waals surface area contributed by atoms with Gasteiger partial charge in [0.2, 0.25) is 6.29 Å². The van der Waals surface area contributed by atoms with Crippen molar-refractivity contribution in [3.05, 3.63) is 52.7 Å². The normalized spacial score (nSPS) is 36.2. The molecule has 0 saturated carbocycles. The zero-order valence-corrected chi connectivity index (χ0v) is 30.1. The average molecular weight is 797 g/mol. The van der Waals surface area contributed by atoms with Crippen LogP contribution in [-0.2, 0) is 33.2 Å². The van der Waals surface area contributed by atoms with Gasteiger partial charge < -0.3 is 88.3 Å². The molecule has 0 spiro atoms. The molecule has 3 aliphatic rings. The predicted molar refractivity (Wildman–Crippen MR) is 184 cm³/mol. The van der Waals surface area contributed by atoms with E-state index in [1.165, 1.54) is 26.2 Å². The zero-order chi connectivity index (χ0) is 40.6. The Morgan fingerprint density at radius 1 is 0.750 bits per heavy atom. The highest BCUT2D eigenvalue weighted by Crippen LogP contribution is 2.36. The highest BCUT2D eigenvalue weighted by atomic mass is 16.8. The number of hydrogen-bond acceptors (Lipinski definition) is 20. The van der Waals surface area contributed by atoms with Crippen LogP contribution in [0.5, 0.6) is 17.2 Å². The van der Waals surface area contributed by atoms with Gasteiger partial charge in [-0.15, -0.1) is 0 Å². The molecule has 0 bridgehead atoms. The van der Waals surface area contributed by atoms with Gasteiger partial charge in [0.25, 0.3) is 0 Å². The maximum Gasteiger partial charge on any atom is 0.303 e. The van der Waals surface area contributed by atoms with E-state index in [2.05, 4.69) is 0 Å². The summed E-state index contributed by atoms with van der Waals surface area (Å²) in [5.74, 6) is -1.06. The van der Waals surface area contributed by atoms with Gasteiger partial charge in [0.15, 0.2) is 30.2 Å². The number of fused-ring (bicyclic) bond motifs is 1. The Hall–Kier alpha value is -4.00. The number of aliphatic hydroxyl groups excluding tert-OH is 8. The number of ether oxygens (including phenoxy) is 8. The van der Waals surface area contributed by atoms with Gasteiger partial charge in [-0.05, 0) is 31.2 Å². The lowest BCUT2D eigenvalue weighted by Gasteiger charge is -2.47. The summed E-state index contributed by atoms with van der Waals surface area (Å²) in [5, 5.41) is 95.2. The summed E-state index contributed by atoms with van der Waals surface area (Å²) in [6, 6.07) is 10.0. The molecule has 56 heavy (non-hydrogen) atoms. The molecule has 1 aromatic heterocycles. The number of phenolic OH excluding ortho intramolecular Hbond substituents is 1. The zero-order valence-electron chi connectivity index (χ0n) is 30.1. The molecular weight excluding hydrogens is 752 g/mol. The van der Waals surface area contributed by atoms with Gasteiger partial charge in [-0.1, -0.05) is 0 Å². The van der Waals surface area contributed by atoms with Crippen molar-refractivity contribution in [2.24, 2.45) is 0 Å². The fourth-order valence-electron chi connectivity index (χ4n) is 6.60. The molecule has 3 saturated heterocycles. The van der Waals surface area contributed by atoms with Crippen LogP contribution < -0.4 is 14.9 Å². The van der Waals surface area contributed by atoms with Crippen LogP contribution in [0.15, 0.2) is 51.7 Å². The second kappa shape index (κ2) is 17.2. The van der Waals surface area contributed by atoms with Crippen molar-refractivity contribution in [2.75, 3.05) is 20.3 Å². The second-order valence-electron chi connectivity index (χ2n) is 13.6. The van der Waals surface area contributed by atoms with E-state index < -0.39 is 122 Å². The van der Waals surface area contributed by atoms with Gasteiger partial charge in [0.05, 0.1) is 26.4 Å². The first-order valence-electron chi connectivity index (χ1n) is 17.5. The van der Waals surface area contributed by atoms with Gasteiger partial charge in [-0.2, -0.15) is 0 Å². The van der Waals surface area contributed by atoms with Crippen molar-refractivity contribution < 1.29 is 93.1 Å². The fourth-order valence-corrected chi connectivity index (χ4v) is 6.60. The molecule has 3 aromatic rings. The highest BCUT2D eigenvalue weighted by molar-refractivity contribution is 5.86. The van der Waals surface area contributed by atoms with Crippen LogP contribution in [0.3, 0.4) is 0 Å². The largest absolute Gasteiger partial charge is 0.507 e. The highest BCUT2D eigenvalue weighted by Gasteiger charge is 2.53. The summed E-state index contributed by atoms with van der Waals surface area (Å²) in [6.45, 7) is 0.978. The second-order valence-corrected chi connectivity index (χ2v) is 13.6. The van der Waals surface area contributed by atoms with Crippen LogP contribution in [0.2, 0.25) is 0 Å². The van der Waals surface area contributed by atoms with Crippen molar-refractivity contribution in [1.29, 1.82) is 0 Å². The Bertz CT molecular complexity index is 1870. The molecule has 20 heteroatoms. The number of phenols is 1. The van der Waals surface area contributed by atoms with Crippen molar-refractivity contribution in [3.8, 4) is 28.6 Å². The molecule has 3 aliphatic heterocycles. The van der Waals surface area contributed by atoms with Crippen LogP contribution in [0, 0.1) is 0 Å². The molecule has 308 valence electrons. The van der Waals surface area contributed by atoms with Crippen LogP contribution >= 0.6 is 0 Å². The quantitative estimate of drug-likeness (QED) is 0.0914. The molecule has 0 amide bonds. The van der Waals surface area contributed by atoms with Gasteiger partial charge in [-0.25, -0.2) is 0 Å². The van der Waals surface area contributed by atoms with Crippen molar-refractivity contribution >= 4 is 16.9 Å². The lowest BCUT2D eigenvalue weighted by atomic mass is 9.97. The van der Waals surface area contributed by atoms with E-state index >= 15 is 0 Å². The monoisotopic (exact) mass is 796 g/mol. The fraction of sp³-hybridized carbons (Fsp3) is 0.556. The van der Waals surface area contributed by atoms with Gasteiger partial charge in [0.1, 0.15) is 88.9 Å². The summed E-state index contributed by atoms with van der Waals surface area (Å²) in [4.78, 5) is 25.1. The van der Waals surface area contributed by atoms with Crippen LogP contribution in [0.25, 0.3) is 22.3 Å². The van der Waals surface area contributed by atoms with E-state index in [4.69, 9.17) is 42.3 Å². The smallest absolute Gasteiger partial charge is 0.303 e. The van der Waals surface area contributed by atoms with E-state index in [0.717, 1.165) is 13.0 Å². The Balaban J connectivity index is 1.33. The first-order valence-corrected chi connectivity index (χ1v) is 17.5. The third-order valence-electron chi connectivity index (χ3n) is 9.71. The molecule has 0 radical (unpaired) electrons. The van der Waals surface area contributed by atoms with Crippen LogP contribution in [0.1, 0.15) is 13.8 Å². The number of aromatic hydroxyl groups is 1. The SMILES string of the molecule is COc1ccc(-c2cc(=O)c3c(O)cc(O[C@@H]4O[C@H](CO[C@@H]5O[C@@H](C)[C@H](O)[C@@H](O)[C@@H]5O)[C@H](O)[C@H](O)[C@H]4O[C@@H]4O[C@H](CO)[C@H](O)[C@H](O)[C@H]4OC(C)=O)cc3o2)cc1. The Labute approximate surface area is 317 Å². The van der Waals surface area contributed by atoms with Gasteiger partial charge >= 0.3 is 5.97 Å². The first-order chi connectivity index (χ1) is 26.6. The average Bonchev–Trinajstić information content (AvgIpc) is 3.17. The summed E-state index contributed by atoms with van der Waals surface area (Å²) in [7, 11) is 1.49. The maximum absolute atomic E-state index is 13.1. The molecular formula is C36H44O20. The molecule has 0 unspecified atom stereocenters. The number of aliphatic hydroxyl groups is 8. The number of esters is 1. The summed E-state index contributed by atoms with van der Waals surface area (Å²) < 4.78 is 50.9. The molecule has 6 rings (SSSR count). The minimum absolute atomic E-state index is 0.122. The Morgan fingerprint density at radius 3 is 2.07 bits per heavy atom. The minimum atomic E-state index is -1.97. The van der Waals surface area contributed by atoms with E-state index in [1.54, 1.807) is 24.3 Å². The molecule has 2 aromatic carbocycles. The number of hydrogen-bond donors (Lipinski definition) is 9. The molecule has 0 aliphatic carbocycles. The van der Waals surface area contributed by atoms with Crippen LogP contribution in [-0.4, -0.2) is 164 Å². The number of methoxy groups -OCH3 is 1. The van der Waals surface area contributed by atoms with Gasteiger partial charge in [-0.3, -0.25) is 9.59 Å².